The minimum Gasteiger partial charge on any atom is -0.280 e. The lowest BCUT2D eigenvalue weighted by atomic mass is 10.1. The Hall–Kier alpha value is -1.52. The van der Waals surface area contributed by atoms with Gasteiger partial charge in [0.25, 0.3) is 10.0 Å². The first-order valence-corrected chi connectivity index (χ1v) is 9.75. The molecule has 0 aromatic heterocycles. The summed E-state index contributed by atoms with van der Waals surface area (Å²) in [6.45, 7) is 2.20. The Labute approximate surface area is 143 Å². The predicted octanol–water partition coefficient (Wildman–Crippen LogP) is 5.26. The van der Waals surface area contributed by atoms with Gasteiger partial charge < -0.3 is 0 Å². The van der Waals surface area contributed by atoms with Gasteiger partial charge >= 0.3 is 0 Å². The van der Waals surface area contributed by atoms with Crippen molar-refractivity contribution in [3.05, 3.63) is 59.1 Å². The molecule has 0 fully saturated rings. The second-order valence-electron chi connectivity index (χ2n) is 5.57. The topological polar surface area (TPSA) is 46.2 Å². The van der Waals surface area contributed by atoms with Gasteiger partial charge in [-0.25, -0.2) is 8.42 Å². The van der Waals surface area contributed by atoms with Crippen molar-refractivity contribution in [2.75, 3.05) is 4.72 Å². The van der Waals surface area contributed by atoms with Crippen LogP contribution in [0.2, 0.25) is 5.02 Å². The van der Waals surface area contributed by atoms with Crippen LogP contribution < -0.4 is 4.72 Å². The lowest BCUT2D eigenvalue weighted by molar-refractivity contribution is 0.601. The van der Waals surface area contributed by atoms with E-state index in [1.54, 1.807) is 12.1 Å². The fourth-order valence-corrected chi connectivity index (χ4v) is 3.51. The van der Waals surface area contributed by atoms with Gasteiger partial charge in [-0.2, -0.15) is 0 Å². The van der Waals surface area contributed by atoms with Crippen molar-refractivity contribution in [2.45, 2.75) is 43.9 Å². The highest BCUT2D eigenvalue weighted by atomic mass is 35.5. The summed E-state index contributed by atoms with van der Waals surface area (Å²) in [6, 6.07) is 13.7. The van der Waals surface area contributed by atoms with E-state index in [2.05, 4.69) is 11.6 Å². The van der Waals surface area contributed by atoms with Crippen molar-refractivity contribution in [3.8, 4) is 0 Å². The third kappa shape index (κ3) is 5.56. The third-order valence-corrected chi connectivity index (χ3v) is 5.30. The fourth-order valence-electron chi connectivity index (χ4n) is 2.32. The molecule has 124 valence electrons. The van der Waals surface area contributed by atoms with E-state index >= 15 is 0 Å². The van der Waals surface area contributed by atoms with Crippen molar-refractivity contribution in [2.24, 2.45) is 0 Å². The minimum atomic E-state index is -3.58. The molecular formula is C18H22ClNO2S. The van der Waals surface area contributed by atoms with Crippen LogP contribution in [0.3, 0.4) is 0 Å². The molecule has 0 amide bonds. The maximum Gasteiger partial charge on any atom is 0.261 e. The van der Waals surface area contributed by atoms with Crippen molar-refractivity contribution >= 4 is 27.3 Å². The average Bonchev–Trinajstić information content (AvgIpc) is 2.53. The molecule has 0 saturated heterocycles. The Bertz CT molecular complexity index is 710. The number of unbranched alkanes of at least 4 members (excludes halogenated alkanes) is 3. The van der Waals surface area contributed by atoms with Gasteiger partial charge in [0.1, 0.15) is 0 Å². The quantitative estimate of drug-likeness (QED) is 0.659. The SMILES string of the molecule is CCCCCCc1ccc(NS(=O)(=O)c2ccc(Cl)cc2)cc1. The molecule has 2 rings (SSSR count). The molecular weight excluding hydrogens is 330 g/mol. The van der Waals surface area contributed by atoms with Gasteiger partial charge in [0.15, 0.2) is 0 Å². The van der Waals surface area contributed by atoms with E-state index in [9.17, 15) is 8.42 Å². The zero-order chi connectivity index (χ0) is 16.7. The second-order valence-corrected chi connectivity index (χ2v) is 7.69. The monoisotopic (exact) mass is 351 g/mol. The summed E-state index contributed by atoms with van der Waals surface area (Å²) in [5.41, 5.74) is 1.80. The van der Waals surface area contributed by atoms with Crippen LogP contribution in [0.25, 0.3) is 0 Å². The highest BCUT2D eigenvalue weighted by Gasteiger charge is 2.13. The second kappa shape index (κ2) is 8.37. The van der Waals surface area contributed by atoms with E-state index in [-0.39, 0.29) is 4.90 Å². The summed E-state index contributed by atoms with van der Waals surface area (Å²) in [6.07, 6.45) is 5.93. The number of aryl methyl sites for hydroxylation is 1. The van der Waals surface area contributed by atoms with Crippen LogP contribution in [0.1, 0.15) is 38.2 Å². The maximum atomic E-state index is 12.3. The number of nitrogens with one attached hydrogen (secondary N) is 1. The number of rotatable bonds is 8. The van der Waals surface area contributed by atoms with E-state index in [1.807, 2.05) is 24.3 Å². The van der Waals surface area contributed by atoms with E-state index in [1.165, 1.54) is 43.4 Å². The molecule has 2 aromatic carbocycles. The number of sulfonamides is 1. The molecule has 0 aliphatic heterocycles. The Kier molecular flexibility index (Phi) is 6.48. The predicted molar refractivity (Wildman–Crippen MR) is 96.5 cm³/mol. The van der Waals surface area contributed by atoms with E-state index in [4.69, 9.17) is 11.6 Å². The van der Waals surface area contributed by atoms with Crippen LogP contribution >= 0.6 is 11.6 Å². The molecule has 0 unspecified atom stereocenters. The molecule has 0 aliphatic rings. The van der Waals surface area contributed by atoms with Crippen LogP contribution in [-0.2, 0) is 16.4 Å². The van der Waals surface area contributed by atoms with Gasteiger partial charge in [-0.15, -0.1) is 0 Å². The average molecular weight is 352 g/mol. The van der Waals surface area contributed by atoms with Gasteiger partial charge in [-0.1, -0.05) is 49.9 Å². The molecule has 0 saturated carbocycles. The Morgan fingerprint density at radius 1 is 0.913 bits per heavy atom. The van der Waals surface area contributed by atoms with Crippen LogP contribution in [0.4, 0.5) is 5.69 Å². The number of hydrogen-bond acceptors (Lipinski definition) is 2. The number of benzene rings is 2. The standard InChI is InChI=1S/C18H22ClNO2S/c1-2-3-4-5-6-15-7-11-17(12-8-15)20-23(21,22)18-13-9-16(19)10-14-18/h7-14,20H,2-6H2,1H3. The maximum absolute atomic E-state index is 12.3. The number of halogens is 1. The third-order valence-electron chi connectivity index (χ3n) is 3.65. The zero-order valence-corrected chi connectivity index (χ0v) is 14.8. The van der Waals surface area contributed by atoms with Crippen molar-refractivity contribution in [1.82, 2.24) is 0 Å². The Morgan fingerprint density at radius 3 is 2.17 bits per heavy atom. The first-order valence-electron chi connectivity index (χ1n) is 7.88. The molecule has 23 heavy (non-hydrogen) atoms. The molecule has 0 heterocycles. The number of hydrogen-bond donors (Lipinski definition) is 1. The summed E-state index contributed by atoms with van der Waals surface area (Å²) in [5.74, 6) is 0. The molecule has 5 heteroatoms. The van der Waals surface area contributed by atoms with Crippen LogP contribution in [-0.4, -0.2) is 8.42 Å². The van der Waals surface area contributed by atoms with Crippen molar-refractivity contribution in [1.29, 1.82) is 0 Å². The molecule has 0 atom stereocenters. The molecule has 0 aliphatic carbocycles. The van der Waals surface area contributed by atoms with Crippen LogP contribution in [0.5, 0.6) is 0 Å². The molecule has 3 nitrogen and oxygen atoms in total. The Morgan fingerprint density at radius 2 is 1.57 bits per heavy atom. The van der Waals surface area contributed by atoms with E-state index in [0.29, 0.717) is 10.7 Å². The fraction of sp³-hybridized carbons (Fsp3) is 0.333. The van der Waals surface area contributed by atoms with Crippen molar-refractivity contribution in [3.63, 3.8) is 0 Å². The highest BCUT2D eigenvalue weighted by Crippen LogP contribution is 2.19. The highest BCUT2D eigenvalue weighted by molar-refractivity contribution is 7.92. The van der Waals surface area contributed by atoms with Crippen LogP contribution in [0, 0.1) is 0 Å². The van der Waals surface area contributed by atoms with E-state index < -0.39 is 10.0 Å². The molecule has 0 spiro atoms. The summed E-state index contributed by atoms with van der Waals surface area (Å²) in [5, 5.41) is 0.511. The van der Waals surface area contributed by atoms with Crippen LogP contribution in [0.15, 0.2) is 53.4 Å². The van der Waals surface area contributed by atoms with Gasteiger partial charge in [-0.05, 0) is 54.8 Å². The van der Waals surface area contributed by atoms with Gasteiger partial charge in [0.05, 0.1) is 4.90 Å². The summed E-state index contributed by atoms with van der Waals surface area (Å²) < 4.78 is 27.2. The number of anilines is 1. The summed E-state index contributed by atoms with van der Waals surface area (Å²) >= 11 is 5.79. The molecule has 2 aromatic rings. The van der Waals surface area contributed by atoms with Gasteiger partial charge in [-0.3, -0.25) is 4.72 Å². The van der Waals surface area contributed by atoms with Crippen molar-refractivity contribution < 1.29 is 8.42 Å². The lowest BCUT2D eigenvalue weighted by Gasteiger charge is -2.09. The Balaban J connectivity index is 1.98. The normalized spacial score (nSPS) is 11.4. The first kappa shape index (κ1) is 17.8. The summed E-state index contributed by atoms with van der Waals surface area (Å²) in [7, 11) is -3.58. The minimum absolute atomic E-state index is 0.200. The summed E-state index contributed by atoms with van der Waals surface area (Å²) in [4.78, 5) is 0.200. The van der Waals surface area contributed by atoms with Gasteiger partial charge in [0, 0.05) is 10.7 Å². The molecule has 0 radical (unpaired) electrons. The largest absolute Gasteiger partial charge is 0.280 e. The zero-order valence-electron chi connectivity index (χ0n) is 13.3. The van der Waals surface area contributed by atoms with Gasteiger partial charge in [0.2, 0.25) is 0 Å². The smallest absolute Gasteiger partial charge is 0.261 e. The molecule has 1 N–H and O–H groups in total. The molecule has 0 bridgehead atoms. The van der Waals surface area contributed by atoms with E-state index in [0.717, 1.165) is 6.42 Å². The lowest BCUT2D eigenvalue weighted by Crippen LogP contribution is -2.12. The first-order chi connectivity index (χ1) is 11.0.